The Hall–Kier alpha value is -3.43. The Morgan fingerprint density at radius 1 is 0.765 bits per heavy atom. The number of hydrogen-bond donors (Lipinski definition) is 0. The second-order valence-corrected chi connectivity index (χ2v) is 11.9. The Bertz CT molecular complexity index is 1100. The molecule has 0 atom stereocenters. The number of hydrogen-bond acceptors (Lipinski definition) is 5. The number of anilines is 1. The van der Waals surface area contributed by atoms with Crippen LogP contribution in [0.2, 0.25) is 0 Å². The van der Waals surface area contributed by atoms with E-state index in [1.54, 1.807) is 0 Å². The zero-order valence-corrected chi connectivity index (χ0v) is 20.6. The highest BCUT2D eigenvalue weighted by Crippen LogP contribution is 2.55. The number of rotatable bonds is 10. The number of Topliss-reactive ketones (excluding diaryl/α,β-unsaturated/α-hetero) is 1. The van der Waals surface area contributed by atoms with Gasteiger partial charge in [-0.25, -0.2) is 9.97 Å². The summed E-state index contributed by atoms with van der Waals surface area (Å²) in [5.41, 5.74) is 0. The minimum atomic E-state index is -2.14. The zero-order chi connectivity index (χ0) is 23.8. The third-order valence-electron chi connectivity index (χ3n) is 5.87. The van der Waals surface area contributed by atoms with Crippen LogP contribution in [0.15, 0.2) is 97.3 Å². The van der Waals surface area contributed by atoms with E-state index < -0.39 is 7.26 Å². The topological polar surface area (TPSA) is 59.0 Å². The van der Waals surface area contributed by atoms with Gasteiger partial charge in [0.25, 0.3) is 0 Å². The average Bonchev–Trinajstić information content (AvgIpc) is 2.89. The van der Waals surface area contributed by atoms with Gasteiger partial charge in [-0.05, 0) is 42.8 Å². The van der Waals surface area contributed by atoms with Gasteiger partial charge in [-0.2, -0.15) is 4.98 Å². The van der Waals surface area contributed by atoms with Crippen LogP contribution in [0.4, 0.5) is 5.95 Å². The normalized spacial score (nSPS) is 11.2. The molecule has 0 aliphatic rings. The molecular formula is C28H30N4OP+. The molecule has 172 valence electrons. The van der Waals surface area contributed by atoms with Crippen molar-refractivity contribution in [3.8, 4) is 0 Å². The van der Waals surface area contributed by atoms with E-state index in [4.69, 9.17) is 0 Å². The molecule has 3 aromatic carbocycles. The summed E-state index contributed by atoms with van der Waals surface area (Å²) in [5, 5.41) is 3.69. The van der Waals surface area contributed by atoms with Crippen molar-refractivity contribution in [2.24, 2.45) is 0 Å². The number of aryl methyl sites for hydroxylation is 1. The molecule has 0 aliphatic heterocycles. The summed E-state index contributed by atoms with van der Waals surface area (Å²) in [7, 11) is 1.67. The van der Waals surface area contributed by atoms with Gasteiger partial charge in [0.2, 0.25) is 5.95 Å². The lowest BCUT2D eigenvalue weighted by atomic mass is 10.2. The maximum absolute atomic E-state index is 13.5. The smallest absolute Gasteiger partial charge is 0.228 e. The van der Waals surface area contributed by atoms with Crippen LogP contribution in [0.3, 0.4) is 0 Å². The fourth-order valence-electron chi connectivity index (χ4n) is 4.21. The van der Waals surface area contributed by atoms with Gasteiger partial charge in [-0.1, -0.05) is 54.6 Å². The van der Waals surface area contributed by atoms with Crippen LogP contribution in [0.25, 0.3) is 0 Å². The van der Waals surface area contributed by atoms with E-state index in [9.17, 15) is 4.79 Å². The molecular weight excluding hydrogens is 439 g/mol. The Balaban J connectivity index is 1.61. The molecule has 0 unspecified atom stereocenters. The molecule has 0 fully saturated rings. The molecule has 0 radical (unpaired) electrons. The highest BCUT2D eigenvalue weighted by Gasteiger charge is 2.46. The molecule has 34 heavy (non-hydrogen) atoms. The minimum Gasteiger partial charge on any atom is -0.347 e. The van der Waals surface area contributed by atoms with Gasteiger partial charge < -0.3 is 4.90 Å². The standard InChI is InChI=1S/C28H30N4OP/c1-32(2)28-30-22-29-27(31-28)20-12-13-23(33)21-34(24-14-6-3-7-15-24,25-16-8-4-9-17-25)26-18-10-5-11-19-26/h3-11,14-19,22H,12-13,20-21H2,1-2H3/q+1. The molecule has 0 aliphatic carbocycles. The van der Waals surface area contributed by atoms with Crippen LogP contribution in [-0.4, -0.2) is 41.0 Å². The van der Waals surface area contributed by atoms with Gasteiger partial charge in [0, 0.05) is 26.9 Å². The summed E-state index contributed by atoms with van der Waals surface area (Å²) in [6.07, 6.45) is 3.91. The molecule has 0 N–H and O–H groups in total. The lowest BCUT2D eigenvalue weighted by Crippen LogP contribution is -2.35. The van der Waals surface area contributed by atoms with Crippen molar-refractivity contribution in [2.75, 3.05) is 25.2 Å². The first-order valence-corrected chi connectivity index (χ1v) is 13.5. The molecule has 5 nitrogen and oxygen atoms in total. The van der Waals surface area contributed by atoms with Crippen molar-refractivity contribution < 1.29 is 4.79 Å². The fraction of sp³-hybridized carbons (Fsp3) is 0.214. The predicted octanol–water partition coefficient (Wildman–Crippen LogP) is 3.82. The quantitative estimate of drug-likeness (QED) is 0.331. The van der Waals surface area contributed by atoms with E-state index in [1.807, 2.05) is 37.2 Å². The Labute approximate surface area is 202 Å². The Morgan fingerprint density at radius 3 is 1.74 bits per heavy atom. The first-order chi connectivity index (χ1) is 16.6. The van der Waals surface area contributed by atoms with Crippen molar-refractivity contribution >= 4 is 34.9 Å². The maximum atomic E-state index is 13.5. The summed E-state index contributed by atoms with van der Waals surface area (Å²) in [6, 6.07) is 31.6. The second-order valence-electron chi connectivity index (χ2n) is 8.46. The van der Waals surface area contributed by atoms with E-state index in [-0.39, 0.29) is 5.78 Å². The number of nitrogens with zero attached hydrogens (tertiary/aromatic N) is 4. The van der Waals surface area contributed by atoms with Gasteiger partial charge >= 0.3 is 0 Å². The maximum Gasteiger partial charge on any atom is 0.228 e. The van der Waals surface area contributed by atoms with Crippen LogP contribution in [0.1, 0.15) is 18.7 Å². The predicted molar refractivity (Wildman–Crippen MR) is 142 cm³/mol. The van der Waals surface area contributed by atoms with Gasteiger partial charge in [0.1, 0.15) is 41.5 Å². The van der Waals surface area contributed by atoms with Crippen molar-refractivity contribution in [3.63, 3.8) is 0 Å². The van der Waals surface area contributed by atoms with E-state index in [0.29, 0.717) is 31.4 Å². The Kier molecular flexibility index (Phi) is 7.76. The summed E-state index contributed by atoms with van der Waals surface area (Å²) in [5.74, 6) is 1.63. The molecule has 0 bridgehead atoms. The number of carbonyl (C=O) groups excluding carboxylic acids is 1. The van der Waals surface area contributed by atoms with Gasteiger partial charge in [-0.15, -0.1) is 0 Å². The van der Waals surface area contributed by atoms with Crippen LogP contribution in [0.5, 0.6) is 0 Å². The first kappa shape index (κ1) is 23.7. The third kappa shape index (κ3) is 5.37. The van der Waals surface area contributed by atoms with Crippen LogP contribution < -0.4 is 20.8 Å². The lowest BCUT2D eigenvalue weighted by Gasteiger charge is -2.27. The minimum absolute atomic E-state index is 0.270. The molecule has 0 saturated carbocycles. The average molecular weight is 470 g/mol. The van der Waals surface area contributed by atoms with Crippen molar-refractivity contribution in [1.29, 1.82) is 0 Å². The van der Waals surface area contributed by atoms with Gasteiger partial charge in [0.15, 0.2) is 5.78 Å². The van der Waals surface area contributed by atoms with Gasteiger partial charge in [-0.3, -0.25) is 4.79 Å². The summed E-state index contributed by atoms with van der Waals surface area (Å²) >= 11 is 0. The molecule has 1 aromatic heterocycles. The number of ketones is 1. The largest absolute Gasteiger partial charge is 0.347 e. The van der Waals surface area contributed by atoms with Gasteiger partial charge in [0.05, 0.1) is 0 Å². The fourth-order valence-corrected chi connectivity index (χ4v) is 8.38. The van der Waals surface area contributed by atoms with Crippen LogP contribution >= 0.6 is 7.26 Å². The van der Waals surface area contributed by atoms with E-state index in [2.05, 4.69) is 87.7 Å². The third-order valence-corrected chi connectivity index (χ3v) is 10.2. The molecule has 6 heteroatoms. The molecule has 0 saturated heterocycles. The van der Waals surface area contributed by atoms with E-state index in [0.717, 1.165) is 5.82 Å². The lowest BCUT2D eigenvalue weighted by molar-refractivity contribution is -0.116. The summed E-state index contributed by atoms with van der Waals surface area (Å²) < 4.78 is 0. The SMILES string of the molecule is CN(C)c1ncnc(CCCC(=O)C[P+](c2ccccc2)(c2ccccc2)c2ccccc2)n1. The van der Waals surface area contributed by atoms with Crippen molar-refractivity contribution in [3.05, 3.63) is 103 Å². The molecule has 4 aromatic rings. The second kappa shape index (κ2) is 11.1. The zero-order valence-electron chi connectivity index (χ0n) is 19.7. The highest BCUT2D eigenvalue weighted by atomic mass is 31.2. The molecule has 4 rings (SSSR count). The highest BCUT2D eigenvalue weighted by molar-refractivity contribution is 7.96. The molecule has 0 amide bonds. The number of aromatic nitrogens is 3. The van der Waals surface area contributed by atoms with E-state index >= 15 is 0 Å². The number of benzene rings is 3. The monoisotopic (exact) mass is 469 g/mol. The summed E-state index contributed by atoms with van der Waals surface area (Å²) in [4.78, 5) is 28.3. The van der Waals surface area contributed by atoms with Crippen molar-refractivity contribution in [1.82, 2.24) is 15.0 Å². The van der Waals surface area contributed by atoms with Crippen molar-refractivity contribution in [2.45, 2.75) is 19.3 Å². The van der Waals surface area contributed by atoms with E-state index in [1.165, 1.54) is 22.2 Å². The summed E-state index contributed by atoms with van der Waals surface area (Å²) in [6.45, 7) is 0. The number of carbonyl (C=O) groups is 1. The van der Waals surface area contributed by atoms with Crippen LogP contribution in [0, 0.1) is 0 Å². The van der Waals surface area contributed by atoms with Crippen LogP contribution in [-0.2, 0) is 11.2 Å². The molecule has 1 heterocycles. The Morgan fingerprint density at radius 2 is 1.26 bits per heavy atom. The molecule has 0 spiro atoms. The first-order valence-electron chi connectivity index (χ1n) is 11.5.